The van der Waals surface area contributed by atoms with Crippen molar-refractivity contribution in [2.24, 2.45) is 5.92 Å². The molecule has 1 aromatic rings. The molecular weight excluding hydrogens is 260 g/mol. The van der Waals surface area contributed by atoms with Crippen molar-refractivity contribution in [3.63, 3.8) is 0 Å². The lowest BCUT2D eigenvalue weighted by molar-refractivity contribution is -0.126. The van der Waals surface area contributed by atoms with Crippen LogP contribution in [0.15, 0.2) is 18.5 Å². The van der Waals surface area contributed by atoms with E-state index in [1.807, 2.05) is 6.07 Å². The number of nitrogens with one attached hydrogen (secondary N) is 1. The fraction of sp³-hybridized carbons (Fsp3) is 0.571. The van der Waals surface area contributed by atoms with Gasteiger partial charge in [-0.3, -0.25) is 9.78 Å². The lowest BCUT2D eigenvalue weighted by Crippen LogP contribution is -2.42. The average molecular weight is 280 g/mol. The molecular formula is C14H20N2O4. The van der Waals surface area contributed by atoms with Crippen LogP contribution in [-0.4, -0.2) is 42.9 Å². The summed E-state index contributed by atoms with van der Waals surface area (Å²) in [5.41, 5.74) is 0.880. The van der Waals surface area contributed by atoms with Crippen molar-refractivity contribution < 1.29 is 19.4 Å². The highest BCUT2D eigenvalue weighted by atomic mass is 16.5. The quantitative estimate of drug-likeness (QED) is 0.800. The number of ether oxygens (including phenoxy) is 2. The zero-order chi connectivity index (χ0) is 14.5. The molecule has 1 atom stereocenters. The van der Waals surface area contributed by atoms with Gasteiger partial charge in [-0.1, -0.05) is 0 Å². The molecule has 1 heterocycles. The number of amides is 1. The monoisotopic (exact) mass is 280 g/mol. The van der Waals surface area contributed by atoms with E-state index in [0.717, 1.165) is 5.56 Å². The number of carbonyl (C=O) groups is 1. The van der Waals surface area contributed by atoms with Crippen LogP contribution in [0.25, 0.3) is 0 Å². The third kappa shape index (κ3) is 3.46. The number of methoxy groups -OCH3 is 2. The summed E-state index contributed by atoms with van der Waals surface area (Å²) in [7, 11) is 3.06. The SMILES string of the molecule is COCC(=O)N[C@H](c1cncc(OC)c1)C1CC(O)C1. The van der Waals surface area contributed by atoms with Crippen molar-refractivity contribution in [1.82, 2.24) is 10.3 Å². The van der Waals surface area contributed by atoms with E-state index in [2.05, 4.69) is 10.3 Å². The number of hydrogen-bond donors (Lipinski definition) is 2. The first-order valence-electron chi connectivity index (χ1n) is 6.59. The molecule has 1 aliphatic carbocycles. The Morgan fingerprint density at radius 2 is 2.25 bits per heavy atom. The molecule has 0 radical (unpaired) electrons. The fourth-order valence-corrected chi connectivity index (χ4v) is 2.44. The van der Waals surface area contributed by atoms with Gasteiger partial charge < -0.3 is 19.9 Å². The standard InChI is InChI=1S/C14H20N2O4/c1-19-8-13(18)16-14(9-3-11(17)4-9)10-5-12(20-2)7-15-6-10/h5-7,9,11,14,17H,3-4,8H2,1-2H3,(H,16,18)/t9?,11?,14-/m0/s1. The molecule has 1 fully saturated rings. The number of aromatic nitrogens is 1. The molecule has 0 spiro atoms. The van der Waals surface area contributed by atoms with E-state index < -0.39 is 0 Å². The third-order valence-corrected chi connectivity index (χ3v) is 3.54. The Balaban J connectivity index is 2.14. The van der Waals surface area contributed by atoms with E-state index in [0.29, 0.717) is 18.6 Å². The first-order valence-corrected chi connectivity index (χ1v) is 6.59. The molecule has 6 nitrogen and oxygen atoms in total. The van der Waals surface area contributed by atoms with Crippen molar-refractivity contribution in [2.45, 2.75) is 25.0 Å². The lowest BCUT2D eigenvalue weighted by atomic mass is 9.75. The van der Waals surface area contributed by atoms with Crippen LogP contribution in [0.4, 0.5) is 0 Å². The number of carbonyl (C=O) groups excluding carboxylic acids is 1. The summed E-state index contributed by atoms with van der Waals surface area (Å²) in [4.78, 5) is 15.9. The molecule has 20 heavy (non-hydrogen) atoms. The van der Waals surface area contributed by atoms with Gasteiger partial charge in [0, 0.05) is 13.3 Å². The molecule has 0 aromatic carbocycles. The van der Waals surface area contributed by atoms with Crippen LogP contribution in [0.5, 0.6) is 5.75 Å². The average Bonchev–Trinajstić information content (AvgIpc) is 2.42. The topological polar surface area (TPSA) is 80.7 Å². The summed E-state index contributed by atoms with van der Waals surface area (Å²) >= 11 is 0. The smallest absolute Gasteiger partial charge is 0.246 e. The highest BCUT2D eigenvalue weighted by Crippen LogP contribution is 2.38. The van der Waals surface area contributed by atoms with E-state index in [1.54, 1.807) is 19.5 Å². The number of aliphatic hydroxyl groups is 1. The van der Waals surface area contributed by atoms with Gasteiger partial charge in [0.1, 0.15) is 12.4 Å². The van der Waals surface area contributed by atoms with E-state index in [4.69, 9.17) is 9.47 Å². The van der Waals surface area contributed by atoms with Crippen LogP contribution < -0.4 is 10.1 Å². The van der Waals surface area contributed by atoms with Crippen molar-refractivity contribution >= 4 is 5.91 Å². The molecule has 6 heteroatoms. The van der Waals surface area contributed by atoms with E-state index in [9.17, 15) is 9.90 Å². The van der Waals surface area contributed by atoms with Crippen LogP contribution >= 0.6 is 0 Å². The zero-order valence-electron chi connectivity index (χ0n) is 11.7. The summed E-state index contributed by atoms with van der Waals surface area (Å²) in [6.45, 7) is 0.0170. The van der Waals surface area contributed by atoms with Crippen LogP contribution in [0.2, 0.25) is 0 Å². The minimum atomic E-state index is -0.277. The number of nitrogens with zero attached hydrogens (tertiary/aromatic N) is 1. The second-order valence-electron chi connectivity index (χ2n) is 5.02. The molecule has 110 valence electrons. The highest BCUT2D eigenvalue weighted by molar-refractivity contribution is 5.77. The maximum absolute atomic E-state index is 11.8. The first kappa shape index (κ1) is 14.7. The second-order valence-corrected chi connectivity index (χ2v) is 5.02. The van der Waals surface area contributed by atoms with Crippen molar-refractivity contribution in [2.75, 3.05) is 20.8 Å². The number of hydrogen-bond acceptors (Lipinski definition) is 5. The molecule has 0 aliphatic heterocycles. The Kier molecular flexibility index (Phi) is 4.92. The van der Waals surface area contributed by atoms with Gasteiger partial charge in [-0.15, -0.1) is 0 Å². The number of rotatable bonds is 6. The largest absolute Gasteiger partial charge is 0.495 e. The normalized spacial score (nSPS) is 22.8. The molecule has 1 aromatic heterocycles. The lowest BCUT2D eigenvalue weighted by Gasteiger charge is -2.38. The van der Waals surface area contributed by atoms with Gasteiger partial charge in [-0.25, -0.2) is 0 Å². The molecule has 2 N–H and O–H groups in total. The van der Waals surface area contributed by atoms with E-state index in [1.165, 1.54) is 7.11 Å². The molecule has 2 rings (SSSR count). The zero-order valence-corrected chi connectivity index (χ0v) is 11.7. The van der Waals surface area contributed by atoms with Gasteiger partial charge in [0.05, 0.1) is 25.5 Å². The molecule has 1 saturated carbocycles. The highest BCUT2D eigenvalue weighted by Gasteiger charge is 2.35. The van der Waals surface area contributed by atoms with Gasteiger partial charge in [0.2, 0.25) is 5.91 Å². The summed E-state index contributed by atoms with van der Waals surface area (Å²) in [6, 6.07) is 1.68. The second kappa shape index (κ2) is 6.67. The summed E-state index contributed by atoms with van der Waals surface area (Å²) in [5.74, 6) is 0.676. The summed E-state index contributed by atoms with van der Waals surface area (Å²) in [6.07, 6.45) is 4.41. The van der Waals surface area contributed by atoms with E-state index >= 15 is 0 Å². The van der Waals surface area contributed by atoms with Crippen LogP contribution in [-0.2, 0) is 9.53 Å². The Hall–Kier alpha value is -1.66. The van der Waals surface area contributed by atoms with Crippen molar-refractivity contribution in [3.8, 4) is 5.75 Å². The Labute approximate surface area is 118 Å². The van der Waals surface area contributed by atoms with Gasteiger partial charge in [0.25, 0.3) is 0 Å². The fourth-order valence-electron chi connectivity index (χ4n) is 2.44. The molecule has 1 aliphatic rings. The van der Waals surface area contributed by atoms with Crippen molar-refractivity contribution in [3.05, 3.63) is 24.0 Å². The molecule has 0 saturated heterocycles. The number of pyridine rings is 1. The summed E-state index contributed by atoms with van der Waals surface area (Å²) in [5, 5.41) is 12.4. The Morgan fingerprint density at radius 3 is 2.85 bits per heavy atom. The molecule has 0 unspecified atom stereocenters. The number of aliphatic hydroxyl groups excluding tert-OH is 1. The van der Waals surface area contributed by atoms with Crippen molar-refractivity contribution in [1.29, 1.82) is 0 Å². The van der Waals surface area contributed by atoms with Gasteiger partial charge in [-0.05, 0) is 30.4 Å². The Bertz CT molecular complexity index is 460. The predicted octanol–water partition coefficient (Wildman–Crippen LogP) is 0.665. The molecule has 0 bridgehead atoms. The van der Waals surface area contributed by atoms with Crippen LogP contribution in [0.3, 0.4) is 0 Å². The van der Waals surface area contributed by atoms with Gasteiger partial charge in [0.15, 0.2) is 0 Å². The Morgan fingerprint density at radius 1 is 1.50 bits per heavy atom. The minimum absolute atomic E-state index is 0.0170. The summed E-state index contributed by atoms with van der Waals surface area (Å²) < 4.78 is 10.00. The van der Waals surface area contributed by atoms with Crippen LogP contribution in [0.1, 0.15) is 24.4 Å². The maximum atomic E-state index is 11.8. The van der Waals surface area contributed by atoms with Gasteiger partial charge >= 0.3 is 0 Å². The van der Waals surface area contributed by atoms with Crippen LogP contribution in [0, 0.1) is 5.92 Å². The third-order valence-electron chi connectivity index (χ3n) is 3.54. The maximum Gasteiger partial charge on any atom is 0.246 e. The first-order chi connectivity index (χ1) is 9.63. The van der Waals surface area contributed by atoms with E-state index in [-0.39, 0.29) is 30.6 Å². The predicted molar refractivity (Wildman–Crippen MR) is 72.3 cm³/mol. The van der Waals surface area contributed by atoms with Gasteiger partial charge in [-0.2, -0.15) is 0 Å². The minimum Gasteiger partial charge on any atom is -0.495 e. The molecule has 1 amide bonds.